The molecule has 4 rings (SSSR count). The van der Waals surface area contributed by atoms with Crippen molar-refractivity contribution >= 4 is 5.91 Å². The quantitative estimate of drug-likeness (QED) is 0.544. The highest BCUT2D eigenvalue weighted by Gasteiger charge is 2.26. The molecule has 0 atom stereocenters. The fourth-order valence-electron chi connectivity index (χ4n) is 4.63. The third kappa shape index (κ3) is 7.01. The Morgan fingerprint density at radius 2 is 1.88 bits per heavy atom. The summed E-state index contributed by atoms with van der Waals surface area (Å²) >= 11 is 0. The van der Waals surface area contributed by atoms with Gasteiger partial charge in [-0.05, 0) is 69.5 Å². The summed E-state index contributed by atoms with van der Waals surface area (Å²) in [5.74, 6) is 2.23. The van der Waals surface area contributed by atoms with Gasteiger partial charge in [-0.15, -0.1) is 0 Å². The lowest BCUT2D eigenvalue weighted by molar-refractivity contribution is -0.126. The standard InChI is InChI=1S/C25H36N4O4/c1-31-21-10-8-19(9-11-21)24-27-23(33-28-24)18-29-15-12-20(13-16-29)25(30)26-14-5-17-32-22-6-3-2-4-7-22/h8-11,20,22H,2-7,12-18H2,1H3,(H,26,30). The fraction of sp³-hybridized carbons (Fsp3) is 0.640. The van der Waals surface area contributed by atoms with E-state index in [0.29, 0.717) is 30.9 Å². The maximum atomic E-state index is 12.5. The van der Waals surface area contributed by atoms with Gasteiger partial charge in [0.15, 0.2) is 0 Å². The summed E-state index contributed by atoms with van der Waals surface area (Å²) < 4.78 is 16.6. The Balaban J connectivity index is 1.12. The van der Waals surface area contributed by atoms with Crippen molar-refractivity contribution in [3.05, 3.63) is 30.2 Å². The van der Waals surface area contributed by atoms with Crippen molar-refractivity contribution in [1.29, 1.82) is 0 Å². The van der Waals surface area contributed by atoms with Crippen molar-refractivity contribution in [1.82, 2.24) is 20.4 Å². The second-order valence-corrected chi connectivity index (χ2v) is 9.07. The monoisotopic (exact) mass is 456 g/mol. The van der Waals surface area contributed by atoms with E-state index in [2.05, 4.69) is 20.4 Å². The van der Waals surface area contributed by atoms with E-state index in [4.69, 9.17) is 14.0 Å². The number of rotatable bonds is 10. The lowest BCUT2D eigenvalue weighted by atomic mass is 9.96. The SMILES string of the molecule is COc1ccc(-c2noc(CN3CCC(C(=O)NCCCOC4CCCCC4)CC3)n2)cc1. The number of hydrogen-bond acceptors (Lipinski definition) is 7. The second kappa shape index (κ2) is 12.1. The molecule has 1 amide bonds. The summed E-state index contributed by atoms with van der Waals surface area (Å²) in [6.45, 7) is 3.75. The lowest BCUT2D eigenvalue weighted by Gasteiger charge is -2.30. The Morgan fingerprint density at radius 1 is 1.12 bits per heavy atom. The Morgan fingerprint density at radius 3 is 2.61 bits per heavy atom. The molecule has 0 spiro atoms. The molecule has 2 fully saturated rings. The van der Waals surface area contributed by atoms with Crippen molar-refractivity contribution in [3.63, 3.8) is 0 Å². The van der Waals surface area contributed by atoms with Gasteiger partial charge in [-0.1, -0.05) is 24.4 Å². The van der Waals surface area contributed by atoms with Crippen LogP contribution in [0.4, 0.5) is 0 Å². The first-order valence-electron chi connectivity index (χ1n) is 12.3. The zero-order valence-electron chi connectivity index (χ0n) is 19.6. The first-order chi connectivity index (χ1) is 16.2. The van der Waals surface area contributed by atoms with Crippen LogP contribution in [0.15, 0.2) is 28.8 Å². The molecule has 0 unspecified atom stereocenters. The van der Waals surface area contributed by atoms with Gasteiger partial charge in [0.1, 0.15) is 5.75 Å². The van der Waals surface area contributed by atoms with Gasteiger partial charge in [-0.25, -0.2) is 0 Å². The van der Waals surface area contributed by atoms with Gasteiger partial charge in [0.2, 0.25) is 17.6 Å². The van der Waals surface area contributed by atoms with Crippen LogP contribution in [0, 0.1) is 5.92 Å². The minimum Gasteiger partial charge on any atom is -0.497 e. The molecule has 2 aromatic rings. The average Bonchev–Trinajstić information content (AvgIpc) is 3.33. The van der Waals surface area contributed by atoms with E-state index < -0.39 is 0 Å². The molecule has 8 nitrogen and oxygen atoms in total. The Labute approximate surface area is 196 Å². The van der Waals surface area contributed by atoms with Gasteiger partial charge in [0.25, 0.3) is 0 Å². The van der Waals surface area contributed by atoms with E-state index in [1.165, 1.54) is 32.1 Å². The van der Waals surface area contributed by atoms with Gasteiger partial charge in [-0.2, -0.15) is 4.98 Å². The van der Waals surface area contributed by atoms with E-state index in [1.807, 2.05) is 24.3 Å². The van der Waals surface area contributed by atoms with Gasteiger partial charge in [0.05, 0.1) is 19.8 Å². The number of methoxy groups -OCH3 is 1. The van der Waals surface area contributed by atoms with Crippen LogP contribution < -0.4 is 10.1 Å². The molecule has 1 saturated heterocycles. The molecule has 33 heavy (non-hydrogen) atoms. The van der Waals surface area contributed by atoms with E-state index in [-0.39, 0.29) is 11.8 Å². The van der Waals surface area contributed by atoms with E-state index in [1.54, 1.807) is 7.11 Å². The maximum absolute atomic E-state index is 12.5. The molecule has 2 aliphatic rings. The van der Waals surface area contributed by atoms with E-state index in [0.717, 1.165) is 50.3 Å². The van der Waals surface area contributed by atoms with Crippen molar-refractivity contribution in [2.45, 2.75) is 64.0 Å². The molecular weight excluding hydrogens is 420 g/mol. The summed E-state index contributed by atoms with van der Waals surface area (Å²) in [7, 11) is 1.64. The third-order valence-corrected chi connectivity index (χ3v) is 6.66. The van der Waals surface area contributed by atoms with Crippen LogP contribution in [0.25, 0.3) is 11.4 Å². The van der Waals surface area contributed by atoms with Crippen molar-refractivity contribution in [2.24, 2.45) is 5.92 Å². The first kappa shape index (κ1) is 23.7. The minimum absolute atomic E-state index is 0.0815. The number of likely N-dealkylation sites (tertiary alicyclic amines) is 1. The number of benzene rings is 1. The lowest BCUT2D eigenvalue weighted by Crippen LogP contribution is -2.40. The highest BCUT2D eigenvalue weighted by Crippen LogP contribution is 2.23. The number of nitrogens with zero attached hydrogens (tertiary/aromatic N) is 3. The van der Waals surface area contributed by atoms with Crippen LogP contribution in [0.1, 0.15) is 57.3 Å². The molecule has 1 aliphatic carbocycles. The van der Waals surface area contributed by atoms with Crippen LogP contribution in [-0.2, 0) is 16.1 Å². The summed E-state index contributed by atoms with van der Waals surface area (Å²) in [5, 5.41) is 7.20. The average molecular weight is 457 g/mol. The van der Waals surface area contributed by atoms with Crippen molar-refractivity contribution < 1.29 is 18.8 Å². The Kier molecular flexibility index (Phi) is 8.72. The van der Waals surface area contributed by atoms with Gasteiger partial charge in [-0.3, -0.25) is 9.69 Å². The Hall–Kier alpha value is -2.45. The normalized spacial score (nSPS) is 18.3. The second-order valence-electron chi connectivity index (χ2n) is 9.07. The molecule has 8 heteroatoms. The predicted octanol–water partition coefficient (Wildman–Crippen LogP) is 3.81. The summed E-state index contributed by atoms with van der Waals surface area (Å²) in [6.07, 6.45) is 9.32. The topological polar surface area (TPSA) is 89.7 Å². The fourth-order valence-corrected chi connectivity index (χ4v) is 4.63. The molecule has 2 heterocycles. The number of carbonyl (C=O) groups is 1. The van der Waals surface area contributed by atoms with Gasteiger partial charge >= 0.3 is 0 Å². The number of nitrogens with one attached hydrogen (secondary N) is 1. The molecule has 0 radical (unpaired) electrons. The number of piperidine rings is 1. The third-order valence-electron chi connectivity index (χ3n) is 6.66. The predicted molar refractivity (Wildman–Crippen MR) is 125 cm³/mol. The number of aromatic nitrogens is 2. The number of carbonyl (C=O) groups excluding carboxylic acids is 1. The molecule has 1 aromatic carbocycles. The minimum atomic E-state index is 0.0815. The zero-order chi connectivity index (χ0) is 22.9. The first-order valence-corrected chi connectivity index (χ1v) is 12.3. The largest absolute Gasteiger partial charge is 0.497 e. The highest BCUT2D eigenvalue weighted by molar-refractivity contribution is 5.78. The molecule has 1 N–H and O–H groups in total. The molecule has 1 aromatic heterocycles. The Bertz CT molecular complexity index is 856. The molecule has 1 aliphatic heterocycles. The zero-order valence-corrected chi connectivity index (χ0v) is 19.6. The molecule has 180 valence electrons. The maximum Gasteiger partial charge on any atom is 0.241 e. The molecular formula is C25H36N4O4. The van der Waals surface area contributed by atoms with Crippen LogP contribution in [0.5, 0.6) is 5.75 Å². The van der Waals surface area contributed by atoms with Crippen LogP contribution >= 0.6 is 0 Å². The van der Waals surface area contributed by atoms with Crippen LogP contribution in [0.2, 0.25) is 0 Å². The van der Waals surface area contributed by atoms with E-state index in [9.17, 15) is 4.79 Å². The van der Waals surface area contributed by atoms with Crippen molar-refractivity contribution in [2.75, 3.05) is 33.4 Å². The molecule has 0 bridgehead atoms. The van der Waals surface area contributed by atoms with Crippen LogP contribution in [0.3, 0.4) is 0 Å². The van der Waals surface area contributed by atoms with Crippen LogP contribution in [-0.4, -0.2) is 60.4 Å². The summed E-state index contributed by atoms with van der Waals surface area (Å²) in [5.41, 5.74) is 0.894. The summed E-state index contributed by atoms with van der Waals surface area (Å²) in [4.78, 5) is 19.3. The van der Waals surface area contributed by atoms with E-state index >= 15 is 0 Å². The van der Waals surface area contributed by atoms with Gasteiger partial charge < -0.3 is 19.3 Å². The highest BCUT2D eigenvalue weighted by atomic mass is 16.5. The molecule has 1 saturated carbocycles. The summed E-state index contributed by atoms with van der Waals surface area (Å²) in [6, 6.07) is 7.59. The van der Waals surface area contributed by atoms with Gasteiger partial charge in [0, 0.05) is 24.6 Å². The van der Waals surface area contributed by atoms with Crippen molar-refractivity contribution in [3.8, 4) is 17.1 Å². The number of amides is 1. The number of hydrogen-bond donors (Lipinski definition) is 1. The smallest absolute Gasteiger partial charge is 0.241 e. The number of ether oxygens (including phenoxy) is 2.